The maximum Gasteiger partial charge on any atom is 0.277 e. The van der Waals surface area contributed by atoms with E-state index in [0.29, 0.717) is 11.2 Å². The van der Waals surface area contributed by atoms with Gasteiger partial charge in [-0.15, -0.1) is 0 Å². The molecular formula is C14H11ClN4O3S. The third kappa shape index (κ3) is 3.04. The van der Waals surface area contributed by atoms with Gasteiger partial charge in [0.05, 0.1) is 15.4 Å². The number of primary sulfonamides is 1. The molecule has 9 heteroatoms. The number of amides is 1. The van der Waals surface area contributed by atoms with Crippen molar-refractivity contribution >= 4 is 38.7 Å². The third-order valence-corrected chi connectivity index (χ3v) is 4.44. The predicted octanol–water partition coefficient (Wildman–Crippen LogP) is 1.89. The molecule has 0 saturated heterocycles. The molecule has 0 bridgehead atoms. The van der Waals surface area contributed by atoms with Gasteiger partial charge in [-0.05, 0) is 36.4 Å². The fraction of sp³-hybridized carbons (Fsp3) is 0. The largest absolute Gasteiger partial charge is 0.321 e. The van der Waals surface area contributed by atoms with E-state index < -0.39 is 15.9 Å². The molecule has 2 heterocycles. The van der Waals surface area contributed by atoms with Crippen LogP contribution in [0.3, 0.4) is 0 Å². The van der Waals surface area contributed by atoms with Crippen LogP contribution in [-0.2, 0) is 10.0 Å². The monoisotopic (exact) mass is 350 g/mol. The second kappa shape index (κ2) is 5.65. The van der Waals surface area contributed by atoms with Crippen molar-refractivity contribution in [3.05, 3.63) is 59.4 Å². The van der Waals surface area contributed by atoms with Gasteiger partial charge in [0.2, 0.25) is 10.0 Å². The summed E-state index contributed by atoms with van der Waals surface area (Å²) in [4.78, 5) is 12.2. The van der Waals surface area contributed by atoms with E-state index >= 15 is 0 Å². The number of aromatic nitrogens is 2. The predicted molar refractivity (Wildman–Crippen MR) is 86.0 cm³/mol. The van der Waals surface area contributed by atoms with Crippen LogP contribution in [0.5, 0.6) is 0 Å². The number of nitrogens with zero attached hydrogens (tertiary/aromatic N) is 2. The van der Waals surface area contributed by atoms with Gasteiger partial charge in [0.1, 0.15) is 0 Å². The molecule has 1 amide bonds. The Balaban J connectivity index is 1.87. The van der Waals surface area contributed by atoms with Crippen molar-refractivity contribution in [1.29, 1.82) is 0 Å². The smallest absolute Gasteiger partial charge is 0.277 e. The lowest BCUT2D eigenvalue weighted by Gasteiger charge is -2.04. The second-order valence-electron chi connectivity index (χ2n) is 4.72. The zero-order chi connectivity index (χ0) is 16.6. The van der Waals surface area contributed by atoms with Crippen LogP contribution in [0, 0.1) is 0 Å². The van der Waals surface area contributed by atoms with Crippen LogP contribution >= 0.6 is 11.6 Å². The lowest BCUT2D eigenvalue weighted by atomic mass is 10.3. The topological polar surface area (TPSA) is 107 Å². The summed E-state index contributed by atoms with van der Waals surface area (Å²) in [6, 6.07) is 10.8. The molecule has 3 aromatic rings. The molecule has 0 fully saturated rings. The number of pyridine rings is 1. The van der Waals surface area contributed by atoms with Crippen LogP contribution in [0.4, 0.5) is 5.69 Å². The molecule has 0 saturated carbocycles. The van der Waals surface area contributed by atoms with E-state index in [4.69, 9.17) is 16.7 Å². The Bertz CT molecular complexity index is 997. The van der Waals surface area contributed by atoms with Crippen molar-refractivity contribution in [2.75, 3.05) is 5.32 Å². The molecule has 118 valence electrons. The minimum atomic E-state index is -3.77. The summed E-state index contributed by atoms with van der Waals surface area (Å²) in [7, 11) is -3.77. The van der Waals surface area contributed by atoms with E-state index in [1.807, 2.05) is 0 Å². The fourth-order valence-electron chi connectivity index (χ4n) is 2.03. The number of sulfonamides is 1. The molecule has 0 radical (unpaired) electrons. The summed E-state index contributed by atoms with van der Waals surface area (Å²) >= 11 is 6.16. The summed E-state index contributed by atoms with van der Waals surface area (Å²) in [6.07, 6.45) is 1.68. The van der Waals surface area contributed by atoms with Gasteiger partial charge in [-0.2, -0.15) is 5.10 Å². The first-order valence-corrected chi connectivity index (χ1v) is 8.36. The molecular weight excluding hydrogens is 340 g/mol. The van der Waals surface area contributed by atoms with Crippen molar-refractivity contribution in [3.8, 4) is 0 Å². The van der Waals surface area contributed by atoms with Gasteiger partial charge in [0.25, 0.3) is 5.91 Å². The Morgan fingerprint density at radius 3 is 2.48 bits per heavy atom. The lowest BCUT2D eigenvalue weighted by molar-refractivity contribution is 0.102. The number of carbonyl (C=O) groups excluding carboxylic acids is 1. The number of benzene rings is 1. The van der Waals surface area contributed by atoms with Crippen LogP contribution in [-0.4, -0.2) is 23.9 Å². The highest BCUT2D eigenvalue weighted by atomic mass is 35.5. The maximum atomic E-state index is 12.3. The number of hydrogen-bond donors (Lipinski definition) is 2. The van der Waals surface area contributed by atoms with Gasteiger partial charge in [0.15, 0.2) is 5.69 Å². The second-order valence-corrected chi connectivity index (χ2v) is 6.66. The Morgan fingerprint density at radius 1 is 1.17 bits per heavy atom. The normalized spacial score (nSPS) is 11.6. The molecule has 0 unspecified atom stereocenters. The first-order chi connectivity index (χ1) is 10.9. The first-order valence-electron chi connectivity index (χ1n) is 6.43. The van der Waals surface area contributed by atoms with E-state index in [-0.39, 0.29) is 15.6 Å². The average Bonchev–Trinajstić information content (AvgIpc) is 2.85. The van der Waals surface area contributed by atoms with E-state index in [1.54, 1.807) is 24.4 Å². The number of anilines is 1. The highest BCUT2D eigenvalue weighted by Gasteiger charge is 2.18. The number of rotatable bonds is 3. The van der Waals surface area contributed by atoms with Gasteiger partial charge >= 0.3 is 0 Å². The molecule has 0 aliphatic carbocycles. The van der Waals surface area contributed by atoms with E-state index in [1.165, 1.54) is 28.8 Å². The number of fused-ring (bicyclic) bond motifs is 1. The molecule has 0 aliphatic rings. The van der Waals surface area contributed by atoms with Crippen LogP contribution < -0.4 is 10.5 Å². The Morgan fingerprint density at radius 2 is 1.87 bits per heavy atom. The molecule has 3 N–H and O–H groups in total. The number of hydrogen-bond acceptors (Lipinski definition) is 4. The number of nitrogens with two attached hydrogens (primary N) is 1. The third-order valence-electron chi connectivity index (χ3n) is 3.14. The highest BCUT2D eigenvalue weighted by Crippen LogP contribution is 2.22. The molecule has 1 aromatic carbocycles. The Hall–Kier alpha value is -2.42. The number of nitrogens with one attached hydrogen (secondary N) is 1. The van der Waals surface area contributed by atoms with Crippen LogP contribution in [0.1, 0.15) is 10.5 Å². The molecule has 7 nitrogen and oxygen atoms in total. The van der Waals surface area contributed by atoms with Crippen LogP contribution in [0.2, 0.25) is 5.02 Å². The first kappa shape index (κ1) is 15.5. The summed E-state index contributed by atoms with van der Waals surface area (Å²) in [5.74, 6) is -0.498. The molecule has 0 atom stereocenters. The van der Waals surface area contributed by atoms with Gasteiger partial charge < -0.3 is 5.32 Å². The van der Waals surface area contributed by atoms with Gasteiger partial charge in [-0.1, -0.05) is 17.7 Å². The molecule has 23 heavy (non-hydrogen) atoms. The molecule has 0 aliphatic heterocycles. The highest BCUT2D eigenvalue weighted by molar-refractivity contribution is 7.89. The number of halogens is 1. The number of carbonyl (C=O) groups is 1. The SMILES string of the molecule is NS(=O)(=O)c1ccc(NC(=O)c2nn3ccccc3c2Cl)cc1. The van der Waals surface area contributed by atoms with Crippen LogP contribution in [0.15, 0.2) is 53.6 Å². The average molecular weight is 351 g/mol. The van der Waals surface area contributed by atoms with Crippen molar-refractivity contribution in [2.45, 2.75) is 4.90 Å². The van der Waals surface area contributed by atoms with Gasteiger partial charge in [-0.25, -0.2) is 18.1 Å². The summed E-state index contributed by atoms with van der Waals surface area (Å²) in [5.41, 5.74) is 1.09. The minimum Gasteiger partial charge on any atom is -0.321 e. The standard InChI is InChI=1S/C14H11ClN4O3S/c15-12-11-3-1-2-8-19(11)18-13(12)14(20)17-9-4-6-10(7-5-9)23(16,21)22/h1-8H,(H,17,20)(H2,16,21,22). The molecule has 2 aromatic heterocycles. The van der Waals surface area contributed by atoms with E-state index in [0.717, 1.165) is 0 Å². The Labute approximate surface area is 136 Å². The zero-order valence-corrected chi connectivity index (χ0v) is 13.2. The van der Waals surface area contributed by atoms with Crippen LogP contribution in [0.25, 0.3) is 5.52 Å². The quantitative estimate of drug-likeness (QED) is 0.752. The summed E-state index contributed by atoms with van der Waals surface area (Å²) in [6.45, 7) is 0. The van der Waals surface area contributed by atoms with Crippen molar-refractivity contribution in [2.24, 2.45) is 5.14 Å². The van der Waals surface area contributed by atoms with Crippen molar-refractivity contribution < 1.29 is 13.2 Å². The zero-order valence-electron chi connectivity index (χ0n) is 11.6. The minimum absolute atomic E-state index is 0.0405. The van der Waals surface area contributed by atoms with E-state index in [9.17, 15) is 13.2 Å². The summed E-state index contributed by atoms with van der Waals surface area (Å²) in [5, 5.41) is 12.0. The Kier molecular flexibility index (Phi) is 3.80. The van der Waals surface area contributed by atoms with Gasteiger partial charge in [-0.3, -0.25) is 4.79 Å². The molecule has 3 rings (SSSR count). The fourth-order valence-corrected chi connectivity index (χ4v) is 2.82. The lowest BCUT2D eigenvalue weighted by Crippen LogP contribution is -2.14. The van der Waals surface area contributed by atoms with Crippen molar-refractivity contribution in [1.82, 2.24) is 9.61 Å². The maximum absolute atomic E-state index is 12.3. The van der Waals surface area contributed by atoms with E-state index in [2.05, 4.69) is 10.4 Å². The van der Waals surface area contributed by atoms with Gasteiger partial charge in [0, 0.05) is 11.9 Å². The molecule has 0 spiro atoms. The van der Waals surface area contributed by atoms with Crippen molar-refractivity contribution in [3.63, 3.8) is 0 Å². The summed E-state index contributed by atoms with van der Waals surface area (Å²) < 4.78 is 23.9.